The van der Waals surface area contributed by atoms with E-state index >= 15 is 0 Å². The Kier molecular flexibility index (Phi) is 6.87. The van der Waals surface area contributed by atoms with Crippen molar-refractivity contribution in [2.75, 3.05) is 0 Å². The number of hydrogen-bond acceptors (Lipinski definition) is 2. The number of hydrogen-bond donors (Lipinski definition) is 1. The highest BCUT2D eigenvalue weighted by atomic mass is 16.3. The molecule has 2 heteroatoms. The van der Waals surface area contributed by atoms with Gasteiger partial charge in [0, 0.05) is 25.6 Å². The minimum Gasteiger partial charge on any atom is -0.391 e. The van der Waals surface area contributed by atoms with Gasteiger partial charge in [0.15, 0.2) is 0 Å². The zero-order valence-electron chi connectivity index (χ0n) is 13.9. The summed E-state index contributed by atoms with van der Waals surface area (Å²) in [6.45, 7) is 5.51. The zero-order chi connectivity index (χ0) is 16.5. The average Bonchev–Trinajstić information content (AvgIpc) is 2.60. The molecule has 0 saturated heterocycles. The van der Waals surface area contributed by atoms with Gasteiger partial charge in [-0.25, -0.2) is 0 Å². The monoisotopic (exact) mass is 307 g/mol. The van der Waals surface area contributed by atoms with Gasteiger partial charge in [0.25, 0.3) is 0 Å². The molecule has 2 rings (SSSR count). The van der Waals surface area contributed by atoms with E-state index < -0.39 is 6.10 Å². The predicted octanol–water partition coefficient (Wildman–Crippen LogP) is 3.85. The van der Waals surface area contributed by atoms with Gasteiger partial charge in [-0.1, -0.05) is 60.7 Å². The van der Waals surface area contributed by atoms with Crippen molar-refractivity contribution in [1.82, 2.24) is 4.90 Å². The van der Waals surface area contributed by atoms with E-state index in [-0.39, 0.29) is 6.04 Å². The number of nitrogens with zero attached hydrogens (tertiary/aromatic N) is 1. The lowest BCUT2D eigenvalue weighted by Crippen LogP contribution is -2.40. The van der Waals surface area contributed by atoms with Gasteiger partial charge in [0.05, 0.1) is 6.10 Å². The highest BCUT2D eigenvalue weighted by Crippen LogP contribution is 2.16. The first kappa shape index (κ1) is 17.3. The predicted molar refractivity (Wildman–Crippen MR) is 95.7 cm³/mol. The van der Waals surface area contributed by atoms with E-state index in [2.05, 4.69) is 72.2 Å². The largest absolute Gasteiger partial charge is 0.391 e. The summed E-state index contributed by atoms with van der Waals surface area (Å²) in [5, 5.41) is 10.4. The van der Waals surface area contributed by atoms with Crippen LogP contribution < -0.4 is 0 Å². The van der Waals surface area contributed by atoms with Crippen LogP contribution in [0.2, 0.25) is 0 Å². The van der Waals surface area contributed by atoms with Crippen LogP contribution in [-0.2, 0) is 13.1 Å². The molecule has 0 bridgehead atoms. The van der Waals surface area contributed by atoms with Crippen LogP contribution in [0.15, 0.2) is 60.7 Å². The van der Waals surface area contributed by atoms with Crippen molar-refractivity contribution in [3.63, 3.8) is 0 Å². The van der Waals surface area contributed by atoms with Gasteiger partial charge in [0.2, 0.25) is 0 Å². The lowest BCUT2D eigenvalue weighted by molar-refractivity contribution is 0.0524. The van der Waals surface area contributed by atoms with E-state index in [1.165, 1.54) is 11.1 Å². The maximum Gasteiger partial charge on any atom is 0.0801 e. The number of aliphatic hydroxyl groups is 1. The smallest absolute Gasteiger partial charge is 0.0801 e. The Hall–Kier alpha value is -2.08. The number of benzene rings is 2. The summed E-state index contributed by atoms with van der Waals surface area (Å²) in [5.41, 5.74) is 2.51. The molecule has 2 aromatic carbocycles. The summed E-state index contributed by atoms with van der Waals surface area (Å²) in [6.07, 6.45) is 0.0625. The molecule has 23 heavy (non-hydrogen) atoms. The summed E-state index contributed by atoms with van der Waals surface area (Å²) in [5.74, 6) is 5.85. The molecular weight excluding hydrogens is 282 g/mol. The Morgan fingerprint density at radius 2 is 1.39 bits per heavy atom. The van der Waals surface area contributed by atoms with E-state index in [1.807, 2.05) is 19.1 Å². The molecule has 0 saturated carbocycles. The van der Waals surface area contributed by atoms with E-state index in [1.54, 1.807) is 0 Å². The Balaban J connectivity index is 2.14. The van der Waals surface area contributed by atoms with Gasteiger partial charge in [-0.05, 0) is 25.0 Å². The average molecular weight is 307 g/mol. The van der Waals surface area contributed by atoms with E-state index in [0.717, 1.165) is 13.1 Å². The van der Waals surface area contributed by atoms with Crippen molar-refractivity contribution in [3.8, 4) is 11.8 Å². The Labute approximate surface area is 139 Å². The van der Waals surface area contributed by atoms with Crippen LogP contribution in [-0.4, -0.2) is 22.2 Å². The molecule has 1 N–H and O–H groups in total. The van der Waals surface area contributed by atoms with Crippen molar-refractivity contribution >= 4 is 0 Å². The van der Waals surface area contributed by atoms with Gasteiger partial charge in [-0.15, -0.1) is 11.8 Å². The van der Waals surface area contributed by atoms with Crippen molar-refractivity contribution < 1.29 is 5.11 Å². The minimum atomic E-state index is -0.449. The summed E-state index contributed by atoms with van der Waals surface area (Å²) >= 11 is 0. The topological polar surface area (TPSA) is 23.5 Å². The Morgan fingerprint density at radius 3 is 1.83 bits per heavy atom. The molecule has 2 atom stereocenters. The highest BCUT2D eigenvalue weighted by Gasteiger charge is 2.21. The van der Waals surface area contributed by atoms with Crippen LogP contribution in [0.25, 0.3) is 0 Å². The molecule has 120 valence electrons. The first-order valence-electron chi connectivity index (χ1n) is 8.10. The first-order valence-corrected chi connectivity index (χ1v) is 8.10. The fourth-order valence-electron chi connectivity index (χ4n) is 2.60. The van der Waals surface area contributed by atoms with Gasteiger partial charge in [-0.3, -0.25) is 4.90 Å². The van der Waals surface area contributed by atoms with E-state index in [0.29, 0.717) is 6.42 Å². The van der Waals surface area contributed by atoms with Crippen molar-refractivity contribution in [2.24, 2.45) is 0 Å². The molecule has 0 aliphatic rings. The first-order chi connectivity index (χ1) is 11.2. The van der Waals surface area contributed by atoms with Crippen LogP contribution in [0.4, 0.5) is 0 Å². The zero-order valence-corrected chi connectivity index (χ0v) is 13.9. The quantitative estimate of drug-likeness (QED) is 0.785. The molecule has 0 spiro atoms. The van der Waals surface area contributed by atoms with E-state index in [9.17, 15) is 5.11 Å². The second-order valence-electron chi connectivity index (χ2n) is 5.82. The maximum atomic E-state index is 10.4. The van der Waals surface area contributed by atoms with Gasteiger partial charge in [0.1, 0.15) is 0 Å². The van der Waals surface area contributed by atoms with Crippen LogP contribution in [0.1, 0.15) is 31.4 Å². The molecule has 0 heterocycles. The standard InChI is InChI=1S/C21H25NO/c1-3-4-15-21(23)18(2)22(16-19-11-7-5-8-12-19)17-20-13-9-6-10-14-20/h5-14,18,21,23H,15-17H2,1-2H3/t18-,21-/m0/s1. The molecule has 0 aromatic heterocycles. The van der Waals surface area contributed by atoms with Crippen LogP contribution >= 0.6 is 0 Å². The molecule has 2 nitrogen and oxygen atoms in total. The summed E-state index contributed by atoms with van der Waals surface area (Å²) in [7, 11) is 0. The molecule has 0 unspecified atom stereocenters. The summed E-state index contributed by atoms with van der Waals surface area (Å²) in [6, 6.07) is 20.8. The number of rotatable bonds is 7. The molecule has 0 fully saturated rings. The van der Waals surface area contributed by atoms with E-state index in [4.69, 9.17) is 0 Å². The third-order valence-corrected chi connectivity index (χ3v) is 4.08. The lowest BCUT2D eigenvalue weighted by atomic mass is 10.1. The molecule has 0 aliphatic heterocycles. The fourth-order valence-corrected chi connectivity index (χ4v) is 2.60. The summed E-state index contributed by atoms with van der Waals surface area (Å²) < 4.78 is 0. The van der Waals surface area contributed by atoms with Crippen LogP contribution in [0, 0.1) is 11.8 Å². The van der Waals surface area contributed by atoms with Crippen molar-refractivity contribution in [2.45, 2.75) is 45.5 Å². The molecule has 0 aliphatic carbocycles. The third-order valence-electron chi connectivity index (χ3n) is 4.08. The Morgan fingerprint density at radius 1 is 0.913 bits per heavy atom. The van der Waals surface area contributed by atoms with Gasteiger partial charge >= 0.3 is 0 Å². The number of aliphatic hydroxyl groups excluding tert-OH is 1. The second-order valence-corrected chi connectivity index (χ2v) is 5.82. The summed E-state index contributed by atoms with van der Waals surface area (Å²) in [4.78, 5) is 2.31. The molecular formula is C21H25NO. The fraction of sp³-hybridized carbons (Fsp3) is 0.333. The normalized spacial score (nSPS) is 13.2. The minimum absolute atomic E-state index is 0.0382. The van der Waals surface area contributed by atoms with Crippen LogP contribution in [0.5, 0.6) is 0 Å². The van der Waals surface area contributed by atoms with Crippen molar-refractivity contribution in [1.29, 1.82) is 0 Å². The van der Waals surface area contributed by atoms with Gasteiger partial charge in [-0.2, -0.15) is 0 Å². The SMILES string of the molecule is CC#CC[C@H](O)[C@H](C)N(Cc1ccccc1)Cc1ccccc1. The maximum absolute atomic E-state index is 10.4. The molecule has 0 radical (unpaired) electrons. The molecule has 0 amide bonds. The Bertz CT molecular complexity index is 586. The third kappa shape index (κ3) is 5.56. The second kappa shape index (κ2) is 9.15. The highest BCUT2D eigenvalue weighted by molar-refractivity contribution is 5.17. The van der Waals surface area contributed by atoms with Crippen molar-refractivity contribution in [3.05, 3.63) is 71.8 Å². The molecule has 2 aromatic rings. The van der Waals surface area contributed by atoms with Gasteiger partial charge < -0.3 is 5.11 Å². The lowest BCUT2D eigenvalue weighted by Gasteiger charge is -2.32. The van der Waals surface area contributed by atoms with Crippen LogP contribution in [0.3, 0.4) is 0 Å².